The van der Waals surface area contributed by atoms with Gasteiger partial charge in [0.05, 0.1) is 5.48 Å². The summed E-state index contributed by atoms with van der Waals surface area (Å²) in [6.07, 6.45) is 4.86. The van der Waals surface area contributed by atoms with Crippen molar-refractivity contribution in [1.29, 1.82) is 0 Å². The van der Waals surface area contributed by atoms with Crippen LogP contribution in [0.15, 0.2) is 96.9 Å². The number of hydrogen-bond donors (Lipinski definition) is 1. The summed E-state index contributed by atoms with van der Waals surface area (Å²) in [7, 11) is 0. The molecule has 0 unspecified atom stereocenters. The van der Waals surface area contributed by atoms with E-state index in [4.69, 9.17) is 5.48 Å². The molecule has 0 aliphatic heterocycles. The van der Waals surface area contributed by atoms with Gasteiger partial charge in [0.15, 0.2) is 5.78 Å². The molecule has 0 atom stereocenters. The molecular weight excluding hydrogens is 937 g/mol. The van der Waals surface area contributed by atoms with E-state index >= 15 is 0 Å². The number of carbonyl (C=O) groups is 1. The van der Waals surface area contributed by atoms with Gasteiger partial charge in [-0.2, -0.15) is 0 Å². The Morgan fingerprint density at radius 3 is 1.56 bits per heavy atom. The third-order valence-corrected chi connectivity index (χ3v) is 12.0. The number of fused-ring (bicyclic) bond motifs is 2. The number of pyridine rings is 2. The second-order valence-electron chi connectivity index (χ2n) is 18.5. The Hall–Kier alpha value is -4.44. The molecule has 0 aliphatic rings. The molecule has 0 spiro atoms. The molecule has 333 valence electrons. The number of allylic oxidation sites excluding steroid dienone is 2. The summed E-state index contributed by atoms with van der Waals surface area (Å²) in [6, 6.07) is 27.8. The average Bonchev–Trinajstić information content (AvgIpc) is 3.25. The zero-order chi connectivity index (χ0) is 48.7. The van der Waals surface area contributed by atoms with Crippen molar-refractivity contribution in [2.45, 2.75) is 147 Å². The Morgan fingerprint density at radius 1 is 0.710 bits per heavy atom. The number of aromatic nitrogens is 2. The van der Waals surface area contributed by atoms with Crippen LogP contribution < -0.4 is 0 Å². The van der Waals surface area contributed by atoms with Crippen molar-refractivity contribution in [2.75, 3.05) is 0 Å². The second-order valence-corrected chi connectivity index (χ2v) is 18.5. The van der Waals surface area contributed by atoms with Gasteiger partial charge < -0.3 is 15.1 Å². The Morgan fingerprint density at radius 2 is 1.16 bits per heavy atom. The molecule has 4 nitrogen and oxygen atoms in total. The van der Waals surface area contributed by atoms with Crippen molar-refractivity contribution in [3.63, 3.8) is 0 Å². The van der Waals surface area contributed by atoms with E-state index in [0.717, 1.165) is 86.4 Å². The maximum Gasteiger partial charge on any atom is 0.162 e. The molecule has 5 heteroatoms. The zero-order valence-electron chi connectivity index (χ0n) is 44.0. The van der Waals surface area contributed by atoms with E-state index in [1.54, 1.807) is 0 Å². The number of hydrogen-bond acceptors (Lipinski definition) is 4. The summed E-state index contributed by atoms with van der Waals surface area (Å²) >= 11 is 0. The quantitative estimate of drug-likeness (QED) is 0.0798. The largest absolute Gasteiger partial charge is 0.512 e. The fourth-order valence-corrected chi connectivity index (χ4v) is 7.31. The van der Waals surface area contributed by atoms with Crippen LogP contribution in [0.5, 0.6) is 0 Å². The average molecular weight is 1010 g/mol. The van der Waals surface area contributed by atoms with Gasteiger partial charge in [0, 0.05) is 49.9 Å². The molecule has 0 bridgehead atoms. The maximum atomic E-state index is 11.9. The fraction of sp³-hybridized carbons (Fsp3) is 0.421. The van der Waals surface area contributed by atoms with Crippen molar-refractivity contribution in [3.8, 4) is 22.5 Å². The number of nitrogens with zero attached hydrogens (tertiary/aromatic N) is 2. The Kier molecular flexibility index (Phi) is 16.7. The number of rotatable bonds is 11. The molecular formula is C57H72IrN2O2-2. The first kappa shape index (κ1) is 45.6. The van der Waals surface area contributed by atoms with Crippen molar-refractivity contribution in [3.05, 3.63) is 142 Å². The van der Waals surface area contributed by atoms with Crippen LogP contribution in [-0.4, -0.2) is 20.9 Å². The number of carbonyl (C=O) groups excluding carboxylic acids is 1. The standard InChI is InChI=1S/C23H26N.C20H20N.C14H26O2.Ir/c1-15(2)17-7-8-21-18(13-17)9-10-24-22(21)19-11-16(3)12-20(14-19)23(4,5)6;1-13(2)16-5-6-19-17(12-16)7-8-21-20(19)18-10-14(3)9-15(4)11-18;1-6-11(7-2)12(15)10-13(16)14(5,8-3)9-4;/h7-10,12-15H,1-6H3;5-10,12-13H,1-4H3;10-11,16H,6-9H2,1-5H3;/q2*-1;;/b;;13-10-;/i9D,10D;7D,8D;;. The molecule has 1 radical (unpaired) electrons. The number of aliphatic hydroxyl groups is 1. The molecule has 2 heterocycles. The van der Waals surface area contributed by atoms with Gasteiger partial charge in [-0.15, -0.1) is 69.8 Å². The van der Waals surface area contributed by atoms with E-state index in [-0.39, 0.29) is 72.8 Å². The number of ketones is 1. The van der Waals surface area contributed by atoms with Crippen LogP contribution in [0.25, 0.3) is 44.1 Å². The summed E-state index contributed by atoms with van der Waals surface area (Å²) in [5.74, 6) is 1.13. The van der Waals surface area contributed by atoms with Crippen molar-refractivity contribution in [2.24, 2.45) is 11.3 Å². The van der Waals surface area contributed by atoms with Crippen LogP contribution >= 0.6 is 0 Å². The van der Waals surface area contributed by atoms with Crippen LogP contribution in [0.2, 0.25) is 0 Å². The summed E-state index contributed by atoms with van der Waals surface area (Å²) in [4.78, 5) is 20.7. The van der Waals surface area contributed by atoms with E-state index in [9.17, 15) is 9.90 Å². The molecule has 6 rings (SSSR count). The molecule has 4 aromatic carbocycles. The van der Waals surface area contributed by atoms with Crippen molar-refractivity contribution < 1.29 is 35.5 Å². The Bertz CT molecular complexity index is 2650. The third-order valence-electron chi connectivity index (χ3n) is 12.0. The SMILES string of the molecule is CCC(CC)C(=O)/C=C(\O)C(C)(CC)CC.[2H]c1nc(-c2[c-]c(C)cc(C(C)(C)C)c2)c2ccc(C(C)C)cc2c1[2H].[2H]c1nc(-c2[c-]c(C)cc(C)c2)c2ccc(C(C)C)cc2c1[2H].[Ir]. The van der Waals surface area contributed by atoms with Crippen molar-refractivity contribution >= 4 is 27.3 Å². The molecule has 2 aromatic heterocycles. The minimum atomic E-state index is -0.248. The molecule has 0 aliphatic carbocycles. The van der Waals surface area contributed by atoms with Gasteiger partial charge in [-0.25, -0.2) is 0 Å². The van der Waals surface area contributed by atoms with Gasteiger partial charge >= 0.3 is 0 Å². The predicted molar refractivity (Wildman–Crippen MR) is 262 cm³/mol. The molecule has 0 fully saturated rings. The first-order valence-corrected chi connectivity index (χ1v) is 22.2. The Labute approximate surface area is 394 Å². The number of benzene rings is 4. The molecule has 0 saturated heterocycles. The van der Waals surface area contributed by atoms with Crippen LogP contribution in [-0.2, 0) is 30.3 Å². The molecule has 62 heavy (non-hydrogen) atoms. The number of aliphatic hydroxyl groups excluding tert-OH is 1. The molecule has 1 N–H and O–H groups in total. The zero-order valence-corrected chi connectivity index (χ0v) is 42.4. The topological polar surface area (TPSA) is 63.1 Å². The maximum absolute atomic E-state index is 11.9. The molecule has 0 amide bonds. The summed E-state index contributed by atoms with van der Waals surface area (Å²) in [5.41, 5.74) is 9.86. The van der Waals surface area contributed by atoms with Gasteiger partial charge in [0.25, 0.3) is 0 Å². The van der Waals surface area contributed by atoms with Crippen LogP contribution in [0, 0.1) is 44.2 Å². The van der Waals surface area contributed by atoms with E-state index in [2.05, 4.69) is 101 Å². The van der Waals surface area contributed by atoms with Gasteiger partial charge in [-0.05, 0) is 99.1 Å². The van der Waals surface area contributed by atoms with Crippen LogP contribution in [0.4, 0.5) is 0 Å². The number of aryl methyl sites for hydroxylation is 3. The van der Waals surface area contributed by atoms with Crippen LogP contribution in [0.1, 0.15) is 159 Å². The Balaban J connectivity index is 0.000000269. The molecule has 0 saturated carbocycles. The minimum absolute atomic E-state index is 0. The molecule has 6 aromatic rings. The van der Waals surface area contributed by atoms with E-state index in [1.807, 2.05) is 85.7 Å². The monoisotopic (exact) mass is 1010 g/mol. The second kappa shape index (κ2) is 22.8. The van der Waals surface area contributed by atoms with Gasteiger partial charge in [0.1, 0.15) is 5.76 Å². The van der Waals surface area contributed by atoms with Gasteiger partial charge in [0.2, 0.25) is 0 Å². The van der Waals surface area contributed by atoms with Crippen molar-refractivity contribution in [1.82, 2.24) is 9.97 Å². The van der Waals surface area contributed by atoms with Gasteiger partial charge in [-0.1, -0.05) is 140 Å². The smallest absolute Gasteiger partial charge is 0.162 e. The summed E-state index contributed by atoms with van der Waals surface area (Å²) in [6.45, 7) is 31.3. The normalized spacial score (nSPS) is 12.8. The van der Waals surface area contributed by atoms with Gasteiger partial charge in [-0.3, -0.25) is 4.79 Å². The third kappa shape index (κ3) is 13.3. The van der Waals surface area contributed by atoms with E-state index in [1.165, 1.54) is 22.8 Å². The van der Waals surface area contributed by atoms with E-state index in [0.29, 0.717) is 11.8 Å². The predicted octanol–water partition coefficient (Wildman–Crippen LogP) is 16.1. The first-order chi connectivity index (χ1) is 30.4. The van der Waals surface area contributed by atoms with Crippen LogP contribution in [0.3, 0.4) is 0 Å². The van der Waals surface area contributed by atoms with E-state index < -0.39 is 0 Å². The minimum Gasteiger partial charge on any atom is -0.512 e. The fourth-order valence-electron chi connectivity index (χ4n) is 7.31. The first-order valence-electron chi connectivity index (χ1n) is 24.2. The summed E-state index contributed by atoms with van der Waals surface area (Å²) < 4.78 is 32.8. The summed E-state index contributed by atoms with van der Waals surface area (Å²) in [5, 5.41) is 13.4.